The molecule has 7 nitrogen and oxygen atoms in total. The summed E-state index contributed by atoms with van der Waals surface area (Å²) >= 11 is 1.51. The number of halogens is 1. The fraction of sp³-hybridized carbons (Fsp3) is 0.500. The topological polar surface area (TPSA) is 63.5 Å². The minimum Gasteiger partial charge on any atom is -0.494 e. The molecule has 0 unspecified atom stereocenters. The van der Waals surface area contributed by atoms with Crippen LogP contribution in [0.2, 0.25) is 0 Å². The van der Waals surface area contributed by atoms with Gasteiger partial charge in [0.05, 0.1) is 17.5 Å². The van der Waals surface area contributed by atoms with Crippen LogP contribution < -0.4 is 9.64 Å². The summed E-state index contributed by atoms with van der Waals surface area (Å²) < 4.78 is 8.27. The monoisotopic (exact) mass is 465 g/mol. The summed E-state index contributed by atoms with van der Waals surface area (Å²) in [7, 11) is 1.64. The van der Waals surface area contributed by atoms with Crippen LogP contribution in [0, 0.1) is 6.92 Å². The van der Waals surface area contributed by atoms with Crippen LogP contribution in [0.15, 0.2) is 24.3 Å². The molecule has 2 aromatic heterocycles. The Balaban J connectivity index is 0.00000341. The number of amides is 1. The number of anilines is 1. The molecule has 0 saturated carbocycles. The second-order valence-electron chi connectivity index (χ2n) is 7.50. The number of hydrogen-bond donors (Lipinski definition) is 0. The van der Waals surface area contributed by atoms with Crippen molar-refractivity contribution in [1.82, 2.24) is 19.7 Å². The van der Waals surface area contributed by atoms with Crippen molar-refractivity contribution in [3.8, 4) is 5.75 Å². The molecule has 3 aromatic rings. The highest BCUT2D eigenvalue weighted by molar-refractivity contribution is 7.22. The zero-order chi connectivity index (χ0) is 21.8. The first kappa shape index (κ1) is 25.1. The highest BCUT2D eigenvalue weighted by Gasteiger charge is 2.26. The first-order valence-corrected chi connectivity index (χ1v) is 11.2. The minimum absolute atomic E-state index is 0. The maximum absolute atomic E-state index is 13.7. The minimum atomic E-state index is -0.0746. The van der Waals surface area contributed by atoms with Crippen molar-refractivity contribution in [2.24, 2.45) is 0 Å². The van der Waals surface area contributed by atoms with E-state index in [0.717, 1.165) is 35.5 Å². The molecule has 0 bridgehead atoms. The van der Waals surface area contributed by atoms with Crippen LogP contribution in [0.4, 0.5) is 5.13 Å². The van der Waals surface area contributed by atoms with Gasteiger partial charge in [-0.15, -0.1) is 12.4 Å². The molecule has 1 aromatic carbocycles. The number of likely N-dealkylation sites (N-methyl/N-ethyl adjacent to an activating group) is 1. The lowest BCUT2D eigenvalue weighted by Crippen LogP contribution is -2.39. The maximum atomic E-state index is 13.7. The molecule has 170 valence electrons. The number of aromatic nitrogens is 3. The number of fused-ring (bicyclic) bond motifs is 1. The van der Waals surface area contributed by atoms with Crippen LogP contribution in [-0.4, -0.2) is 58.9 Å². The average Bonchev–Trinajstić information content (AvgIpc) is 3.34. The SMILES string of the molecule is CCN(CC)CCN(C(=O)c1cc(C)nn1C(C)C)c1nc2c(OC)cccc2s1.Cl. The number of carbonyl (C=O) groups is 1. The summed E-state index contributed by atoms with van der Waals surface area (Å²) in [6, 6.07) is 7.81. The first-order valence-electron chi connectivity index (χ1n) is 10.4. The Kier molecular flexibility index (Phi) is 8.85. The van der Waals surface area contributed by atoms with Crippen molar-refractivity contribution in [3.05, 3.63) is 35.7 Å². The molecule has 0 fully saturated rings. The number of carbonyl (C=O) groups excluding carboxylic acids is 1. The molecule has 31 heavy (non-hydrogen) atoms. The number of ether oxygens (including phenoxy) is 1. The molecule has 1 amide bonds. The summed E-state index contributed by atoms with van der Waals surface area (Å²) in [6.45, 7) is 13.5. The van der Waals surface area contributed by atoms with Crippen LogP contribution in [0.25, 0.3) is 10.2 Å². The molecule has 0 aliphatic carbocycles. The number of benzene rings is 1. The van der Waals surface area contributed by atoms with Crippen molar-refractivity contribution in [2.75, 3.05) is 38.2 Å². The molecule has 0 aliphatic heterocycles. The fourth-order valence-corrected chi connectivity index (χ4v) is 4.47. The van der Waals surface area contributed by atoms with Crippen molar-refractivity contribution in [1.29, 1.82) is 0 Å². The van der Waals surface area contributed by atoms with E-state index >= 15 is 0 Å². The van der Waals surface area contributed by atoms with E-state index in [-0.39, 0.29) is 24.4 Å². The summed E-state index contributed by atoms with van der Waals surface area (Å²) in [6.07, 6.45) is 0. The lowest BCUT2D eigenvalue weighted by Gasteiger charge is -2.25. The highest BCUT2D eigenvalue weighted by atomic mass is 35.5. The van der Waals surface area contributed by atoms with E-state index in [1.807, 2.05) is 45.0 Å². The molecule has 2 heterocycles. The van der Waals surface area contributed by atoms with Gasteiger partial charge in [0.1, 0.15) is 17.0 Å². The van der Waals surface area contributed by atoms with E-state index in [1.54, 1.807) is 16.7 Å². The second kappa shape index (κ2) is 10.9. The van der Waals surface area contributed by atoms with Crippen LogP contribution in [-0.2, 0) is 0 Å². The van der Waals surface area contributed by atoms with Crippen LogP contribution in [0.3, 0.4) is 0 Å². The van der Waals surface area contributed by atoms with Crippen molar-refractivity contribution < 1.29 is 9.53 Å². The average molecular weight is 466 g/mol. The Morgan fingerprint density at radius 1 is 1.23 bits per heavy atom. The third-order valence-corrected chi connectivity index (χ3v) is 6.21. The van der Waals surface area contributed by atoms with Gasteiger partial charge in [0.25, 0.3) is 5.91 Å². The van der Waals surface area contributed by atoms with Gasteiger partial charge in [0, 0.05) is 19.1 Å². The van der Waals surface area contributed by atoms with Gasteiger partial charge in [-0.3, -0.25) is 14.4 Å². The van der Waals surface area contributed by atoms with Gasteiger partial charge in [0.2, 0.25) is 0 Å². The predicted molar refractivity (Wildman–Crippen MR) is 130 cm³/mol. The molecule has 3 rings (SSSR count). The fourth-order valence-electron chi connectivity index (χ4n) is 3.47. The molecular weight excluding hydrogens is 434 g/mol. The van der Waals surface area contributed by atoms with Gasteiger partial charge in [-0.1, -0.05) is 31.3 Å². The summed E-state index contributed by atoms with van der Waals surface area (Å²) in [4.78, 5) is 22.6. The normalized spacial score (nSPS) is 11.2. The van der Waals surface area contributed by atoms with Crippen LogP contribution in [0.1, 0.15) is 49.9 Å². The molecule has 0 atom stereocenters. The zero-order valence-corrected chi connectivity index (χ0v) is 20.7. The number of methoxy groups -OCH3 is 1. The summed E-state index contributed by atoms with van der Waals surface area (Å²) in [5.74, 6) is 0.642. The summed E-state index contributed by atoms with van der Waals surface area (Å²) in [5, 5.41) is 5.21. The molecular formula is C22H32ClN5O2S. The van der Waals surface area contributed by atoms with Gasteiger partial charge >= 0.3 is 0 Å². The second-order valence-corrected chi connectivity index (χ2v) is 8.51. The third-order valence-electron chi connectivity index (χ3n) is 5.17. The zero-order valence-electron chi connectivity index (χ0n) is 19.1. The third kappa shape index (κ3) is 5.37. The van der Waals surface area contributed by atoms with E-state index in [1.165, 1.54) is 11.3 Å². The number of hydrogen-bond acceptors (Lipinski definition) is 6. The lowest BCUT2D eigenvalue weighted by molar-refractivity contribution is 0.0971. The van der Waals surface area contributed by atoms with E-state index in [2.05, 4.69) is 23.8 Å². The van der Waals surface area contributed by atoms with Crippen LogP contribution >= 0.6 is 23.7 Å². The van der Waals surface area contributed by atoms with E-state index < -0.39 is 0 Å². The van der Waals surface area contributed by atoms with Gasteiger partial charge in [-0.05, 0) is 52.1 Å². The standard InChI is InChI=1S/C22H31N5O2S.ClH/c1-7-25(8-2)12-13-26(21(28)17-14-16(5)24-27(17)15(3)4)22-23-20-18(29-6)10-9-11-19(20)30-22;/h9-11,14-15H,7-8,12-13H2,1-6H3;1H. The summed E-state index contributed by atoms with van der Waals surface area (Å²) in [5.41, 5.74) is 2.21. The van der Waals surface area contributed by atoms with Crippen LogP contribution in [0.5, 0.6) is 5.75 Å². The predicted octanol–water partition coefficient (Wildman–Crippen LogP) is 4.80. The number of thiazole rings is 1. The lowest BCUT2D eigenvalue weighted by atomic mass is 10.3. The van der Waals surface area contributed by atoms with Crippen molar-refractivity contribution in [3.63, 3.8) is 0 Å². The molecule has 9 heteroatoms. The Labute approximate surface area is 194 Å². The largest absolute Gasteiger partial charge is 0.494 e. The molecule has 0 radical (unpaired) electrons. The van der Waals surface area contributed by atoms with Gasteiger partial charge in [0.15, 0.2) is 5.13 Å². The Morgan fingerprint density at radius 3 is 2.55 bits per heavy atom. The molecule has 0 aliphatic rings. The van der Waals surface area contributed by atoms with Gasteiger partial charge < -0.3 is 9.64 Å². The number of para-hydroxylation sites is 1. The smallest absolute Gasteiger partial charge is 0.278 e. The number of aryl methyl sites for hydroxylation is 1. The first-order chi connectivity index (χ1) is 14.4. The van der Waals surface area contributed by atoms with Gasteiger partial charge in [-0.2, -0.15) is 5.10 Å². The highest BCUT2D eigenvalue weighted by Crippen LogP contribution is 2.34. The van der Waals surface area contributed by atoms with Crippen molar-refractivity contribution >= 4 is 45.0 Å². The Bertz CT molecular complexity index is 1010. The van der Waals surface area contributed by atoms with E-state index in [4.69, 9.17) is 9.72 Å². The Hall–Kier alpha value is -2.16. The number of rotatable bonds is 9. The number of nitrogens with zero attached hydrogens (tertiary/aromatic N) is 5. The van der Waals surface area contributed by atoms with E-state index in [9.17, 15) is 4.79 Å². The maximum Gasteiger partial charge on any atom is 0.278 e. The van der Waals surface area contributed by atoms with Crippen molar-refractivity contribution in [2.45, 2.75) is 40.7 Å². The van der Waals surface area contributed by atoms with E-state index in [0.29, 0.717) is 23.1 Å². The molecule has 0 spiro atoms. The molecule has 0 saturated heterocycles. The Morgan fingerprint density at radius 2 is 1.94 bits per heavy atom. The molecule has 0 N–H and O–H groups in total. The quantitative estimate of drug-likeness (QED) is 0.454. The van der Waals surface area contributed by atoms with Gasteiger partial charge in [-0.25, -0.2) is 4.98 Å².